The molecule has 0 fully saturated rings. The molecular formula is C22H21BrFNO2. The fourth-order valence-electron chi connectivity index (χ4n) is 2.62. The first-order valence-corrected chi connectivity index (χ1v) is 9.39. The zero-order chi connectivity index (χ0) is 19.2. The zero-order valence-corrected chi connectivity index (χ0v) is 16.8. The van der Waals surface area contributed by atoms with Gasteiger partial charge in [-0.25, -0.2) is 4.39 Å². The summed E-state index contributed by atoms with van der Waals surface area (Å²) in [6, 6.07) is 18.6. The summed E-state index contributed by atoms with van der Waals surface area (Å²) >= 11 is 3.59. The van der Waals surface area contributed by atoms with Crippen molar-refractivity contribution in [3.8, 4) is 11.5 Å². The molecule has 0 aliphatic rings. The Morgan fingerprint density at radius 1 is 0.963 bits per heavy atom. The normalized spacial score (nSPS) is 10.5. The van der Waals surface area contributed by atoms with Crippen molar-refractivity contribution in [3.05, 3.63) is 87.6 Å². The Kier molecular flexibility index (Phi) is 6.35. The highest BCUT2D eigenvalue weighted by molar-refractivity contribution is 9.10. The highest BCUT2D eigenvalue weighted by Gasteiger charge is 2.12. The maximum absolute atomic E-state index is 13.8. The second-order valence-corrected chi connectivity index (χ2v) is 7.05. The predicted molar refractivity (Wildman–Crippen MR) is 110 cm³/mol. The summed E-state index contributed by atoms with van der Waals surface area (Å²) in [5.41, 5.74) is 3.80. The summed E-state index contributed by atoms with van der Waals surface area (Å²) in [5, 5.41) is 3.39. The lowest BCUT2D eigenvalue weighted by Gasteiger charge is -2.15. The molecule has 0 unspecified atom stereocenters. The lowest BCUT2D eigenvalue weighted by atomic mass is 10.1. The van der Waals surface area contributed by atoms with Gasteiger partial charge in [-0.15, -0.1) is 0 Å². The maximum Gasteiger partial charge on any atom is 0.162 e. The summed E-state index contributed by atoms with van der Waals surface area (Å²) in [4.78, 5) is 0. The zero-order valence-electron chi connectivity index (χ0n) is 15.3. The molecule has 0 amide bonds. The van der Waals surface area contributed by atoms with Crippen LogP contribution in [0.2, 0.25) is 0 Å². The van der Waals surface area contributed by atoms with Gasteiger partial charge in [0.2, 0.25) is 0 Å². The first-order valence-electron chi connectivity index (χ1n) is 8.60. The van der Waals surface area contributed by atoms with Gasteiger partial charge >= 0.3 is 0 Å². The molecule has 0 heterocycles. The second kappa shape index (κ2) is 8.91. The third-order valence-electron chi connectivity index (χ3n) is 4.21. The number of halogens is 2. The molecule has 0 atom stereocenters. The van der Waals surface area contributed by atoms with Crippen LogP contribution < -0.4 is 14.8 Å². The van der Waals surface area contributed by atoms with E-state index in [9.17, 15) is 4.39 Å². The lowest BCUT2D eigenvalue weighted by molar-refractivity contribution is 0.279. The smallest absolute Gasteiger partial charge is 0.162 e. The van der Waals surface area contributed by atoms with E-state index < -0.39 is 0 Å². The second-order valence-electron chi connectivity index (χ2n) is 6.19. The standard InChI is InChI=1S/C22H21BrFNO2/c1-15-7-9-18(10-8-15)25-13-17-11-21(26-2)22(12-19(17)23)27-14-16-5-3-4-6-20(16)24/h3-12,25H,13-14H2,1-2H3. The Bertz CT molecular complexity index is 913. The minimum absolute atomic E-state index is 0.135. The molecule has 0 radical (unpaired) electrons. The number of anilines is 1. The molecule has 5 heteroatoms. The molecule has 0 aliphatic carbocycles. The van der Waals surface area contributed by atoms with Crippen molar-refractivity contribution in [2.75, 3.05) is 12.4 Å². The monoisotopic (exact) mass is 429 g/mol. The lowest BCUT2D eigenvalue weighted by Crippen LogP contribution is -2.03. The summed E-state index contributed by atoms with van der Waals surface area (Å²) in [6.45, 7) is 2.83. The minimum atomic E-state index is -0.283. The van der Waals surface area contributed by atoms with E-state index in [-0.39, 0.29) is 12.4 Å². The molecule has 3 nitrogen and oxygen atoms in total. The fourth-order valence-corrected chi connectivity index (χ4v) is 3.09. The third kappa shape index (κ3) is 5.01. The van der Waals surface area contributed by atoms with Crippen LogP contribution in [-0.4, -0.2) is 7.11 Å². The van der Waals surface area contributed by atoms with Gasteiger partial charge in [0.25, 0.3) is 0 Å². The predicted octanol–water partition coefficient (Wildman–Crippen LogP) is 6.10. The average molecular weight is 430 g/mol. The van der Waals surface area contributed by atoms with E-state index in [4.69, 9.17) is 9.47 Å². The SMILES string of the molecule is COc1cc(CNc2ccc(C)cc2)c(Br)cc1OCc1ccccc1F. The Balaban J connectivity index is 1.72. The van der Waals surface area contributed by atoms with Crippen LogP contribution in [0.3, 0.4) is 0 Å². The van der Waals surface area contributed by atoms with Gasteiger partial charge in [-0.3, -0.25) is 0 Å². The minimum Gasteiger partial charge on any atom is -0.493 e. The van der Waals surface area contributed by atoms with Crippen molar-refractivity contribution >= 4 is 21.6 Å². The van der Waals surface area contributed by atoms with Crippen LogP contribution in [0.5, 0.6) is 11.5 Å². The van der Waals surface area contributed by atoms with E-state index in [2.05, 4.69) is 40.3 Å². The Morgan fingerprint density at radius 2 is 1.70 bits per heavy atom. The first-order chi connectivity index (χ1) is 13.1. The molecule has 0 saturated carbocycles. The number of aryl methyl sites for hydroxylation is 1. The van der Waals surface area contributed by atoms with Gasteiger partial charge in [0.05, 0.1) is 7.11 Å². The number of benzene rings is 3. The first kappa shape index (κ1) is 19.2. The van der Waals surface area contributed by atoms with Crippen LogP contribution in [0.25, 0.3) is 0 Å². The van der Waals surface area contributed by atoms with Gasteiger partial charge in [0.1, 0.15) is 12.4 Å². The van der Waals surface area contributed by atoms with Crippen molar-refractivity contribution in [2.45, 2.75) is 20.1 Å². The van der Waals surface area contributed by atoms with Gasteiger partial charge in [-0.05, 0) is 42.8 Å². The molecule has 0 aliphatic heterocycles. The maximum atomic E-state index is 13.8. The summed E-state index contributed by atoms with van der Waals surface area (Å²) < 4.78 is 25.9. The van der Waals surface area contributed by atoms with Crippen molar-refractivity contribution in [3.63, 3.8) is 0 Å². The van der Waals surface area contributed by atoms with Crippen LogP contribution >= 0.6 is 15.9 Å². The highest BCUT2D eigenvalue weighted by Crippen LogP contribution is 2.34. The van der Waals surface area contributed by atoms with Crippen molar-refractivity contribution in [2.24, 2.45) is 0 Å². The number of methoxy groups -OCH3 is 1. The molecule has 3 aromatic rings. The number of nitrogens with one attached hydrogen (secondary N) is 1. The molecule has 27 heavy (non-hydrogen) atoms. The van der Waals surface area contributed by atoms with E-state index in [1.54, 1.807) is 25.3 Å². The van der Waals surface area contributed by atoms with Crippen LogP contribution in [0.1, 0.15) is 16.7 Å². The van der Waals surface area contributed by atoms with Gasteiger partial charge in [0.15, 0.2) is 11.5 Å². The number of ether oxygens (including phenoxy) is 2. The Labute approximate surface area is 167 Å². The molecule has 140 valence electrons. The molecule has 3 rings (SSSR count). The number of hydrogen-bond donors (Lipinski definition) is 1. The molecule has 0 saturated heterocycles. The van der Waals surface area contributed by atoms with E-state index in [0.717, 1.165) is 15.7 Å². The fraction of sp³-hybridized carbons (Fsp3) is 0.182. The Morgan fingerprint density at radius 3 is 2.41 bits per heavy atom. The molecule has 0 spiro atoms. The molecule has 0 aromatic heterocycles. The Hall–Kier alpha value is -2.53. The quantitative estimate of drug-likeness (QED) is 0.492. The number of hydrogen-bond acceptors (Lipinski definition) is 3. The van der Waals surface area contributed by atoms with Crippen molar-refractivity contribution in [1.29, 1.82) is 0 Å². The summed E-state index contributed by atoms with van der Waals surface area (Å²) in [6.07, 6.45) is 0. The van der Waals surface area contributed by atoms with Gasteiger partial charge < -0.3 is 14.8 Å². The number of rotatable bonds is 7. The van der Waals surface area contributed by atoms with Gasteiger partial charge in [-0.1, -0.05) is 51.8 Å². The van der Waals surface area contributed by atoms with Crippen molar-refractivity contribution < 1.29 is 13.9 Å². The van der Waals surface area contributed by atoms with Crippen LogP contribution in [0.4, 0.5) is 10.1 Å². The van der Waals surface area contributed by atoms with Gasteiger partial charge in [-0.2, -0.15) is 0 Å². The summed E-state index contributed by atoms with van der Waals surface area (Å²) in [5.74, 6) is 0.886. The van der Waals surface area contributed by atoms with Gasteiger partial charge in [0, 0.05) is 22.3 Å². The molecule has 3 aromatic carbocycles. The van der Waals surface area contributed by atoms with E-state index in [0.29, 0.717) is 23.6 Å². The van der Waals surface area contributed by atoms with Crippen LogP contribution in [-0.2, 0) is 13.2 Å². The summed E-state index contributed by atoms with van der Waals surface area (Å²) in [7, 11) is 1.59. The third-order valence-corrected chi connectivity index (χ3v) is 4.95. The molecular weight excluding hydrogens is 409 g/mol. The van der Waals surface area contributed by atoms with Crippen LogP contribution in [0.15, 0.2) is 65.1 Å². The molecule has 0 bridgehead atoms. The van der Waals surface area contributed by atoms with Crippen LogP contribution in [0, 0.1) is 12.7 Å². The topological polar surface area (TPSA) is 30.5 Å². The molecule has 1 N–H and O–H groups in total. The van der Waals surface area contributed by atoms with E-state index in [1.165, 1.54) is 11.6 Å². The largest absolute Gasteiger partial charge is 0.493 e. The van der Waals surface area contributed by atoms with E-state index >= 15 is 0 Å². The van der Waals surface area contributed by atoms with E-state index in [1.807, 2.05) is 24.3 Å². The average Bonchev–Trinajstić information content (AvgIpc) is 2.68. The van der Waals surface area contributed by atoms with Crippen molar-refractivity contribution in [1.82, 2.24) is 0 Å². The highest BCUT2D eigenvalue weighted by atomic mass is 79.9.